The topological polar surface area (TPSA) is 58.6 Å². The normalized spacial score (nSPS) is 13.9. The minimum absolute atomic E-state index is 0.00135. The van der Waals surface area contributed by atoms with Crippen LogP contribution in [0.2, 0.25) is 0 Å². The summed E-state index contributed by atoms with van der Waals surface area (Å²) in [7, 11) is 0. The molecule has 1 N–H and O–H groups in total. The van der Waals surface area contributed by atoms with Gasteiger partial charge in [0.05, 0.1) is 17.9 Å². The predicted octanol–water partition coefficient (Wildman–Crippen LogP) is 5.33. The quantitative estimate of drug-likeness (QED) is 0.614. The van der Waals surface area contributed by atoms with Gasteiger partial charge in [0.2, 0.25) is 5.91 Å². The van der Waals surface area contributed by atoms with Crippen molar-refractivity contribution in [1.29, 1.82) is 0 Å². The molecule has 1 heterocycles. The van der Waals surface area contributed by atoms with Crippen molar-refractivity contribution in [2.45, 2.75) is 58.8 Å². The van der Waals surface area contributed by atoms with Gasteiger partial charge in [0.1, 0.15) is 5.75 Å². The number of ether oxygens (including phenoxy) is 1. The van der Waals surface area contributed by atoms with Gasteiger partial charge in [-0.25, -0.2) is 0 Å². The minimum Gasteiger partial charge on any atom is -0.494 e. The summed E-state index contributed by atoms with van der Waals surface area (Å²) < 4.78 is 5.79. The second-order valence-electron chi connectivity index (χ2n) is 9.27. The Bertz CT molecular complexity index is 907. The van der Waals surface area contributed by atoms with Gasteiger partial charge >= 0.3 is 0 Å². The molecule has 5 heteroatoms. The van der Waals surface area contributed by atoms with Crippen LogP contribution >= 0.6 is 0 Å². The number of likely N-dealkylation sites (tertiary alicyclic amines) is 1. The molecule has 3 rings (SSSR count). The highest BCUT2D eigenvalue weighted by Crippen LogP contribution is 2.25. The van der Waals surface area contributed by atoms with E-state index in [0.717, 1.165) is 37.2 Å². The van der Waals surface area contributed by atoms with E-state index in [1.54, 1.807) is 6.07 Å². The summed E-state index contributed by atoms with van der Waals surface area (Å²) in [6.07, 6.45) is 3.02. The number of para-hydroxylation sites is 1. The highest BCUT2D eigenvalue weighted by atomic mass is 16.5. The van der Waals surface area contributed by atoms with E-state index in [0.29, 0.717) is 30.7 Å². The van der Waals surface area contributed by atoms with Crippen LogP contribution in [-0.2, 0) is 10.2 Å². The lowest BCUT2D eigenvalue weighted by atomic mass is 9.87. The summed E-state index contributed by atoms with van der Waals surface area (Å²) in [6, 6.07) is 13.7. The maximum absolute atomic E-state index is 12.9. The van der Waals surface area contributed by atoms with Gasteiger partial charge in [0.15, 0.2) is 0 Å². The van der Waals surface area contributed by atoms with E-state index in [2.05, 4.69) is 38.2 Å². The number of nitrogens with zero attached hydrogens (tertiary/aromatic N) is 1. The number of hydrogen-bond acceptors (Lipinski definition) is 3. The fourth-order valence-electron chi connectivity index (χ4n) is 3.78. The molecule has 1 fully saturated rings. The molecule has 0 saturated carbocycles. The molecule has 1 saturated heterocycles. The van der Waals surface area contributed by atoms with Crippen molar-refractivity contribution in [2.24, 2.45) is 0 Å². The Morgan fingerprint density at radius 3 is 2.35 bits per heavy atom. The molecule has 5 nitrogen and oxygen atoms in total. The number of anilines is 1. The summed E-state index contributed by atoms with van der Waals surface area (Å²) in [4.78, 5) is 27.3. The molecular weight excluding hydrogens is 388 g/mol. The highest BCUT2D eigenvalue weighted by molar-refractivity contribution is 6.04. The first kappa shape index (κ1) is 22.9. The maximum Gasteiger partial charge on any atom is 0.255 e. The molecule has 1 aliphatic rings. The summed E-state index contributed by atoms with van der Waals surface area (Å²) in [5.74, 6) is 0.709. The van der Waals surface area contributed by atoms with Crippen molar-refractivity contribution >= 4 is 17.5 Å². The molecule has 1 aliphatic heterocycles. The average Bonchev–Trinajstić information content (AvgIpc) is 3.27. The molecule has 2 aromatic rings. The van der Waals surface area contributed by atoms with Gasteiger partial charge in [0, 0.05) is 19.5 Å². The number of carbonyl (C=O) groups is 2. The zero-order chi connectivity index (χ0) is 22.4. The number of carbonyl (C=O) groups excluding carboxylic acids is 2. The second-order valence-corrected chi connectivity index (χ2v) is 9.27. The van der Waals surface area contributed by atoms with Crippen LogP contribution in [0.1, 0.15) is 67.9 Å². The monoisotopic (exact) mass is 422 g/mol. The van der Waals surface area contributed by atoms with Crippen molar-refractivity contribution in [3.05, 3.63) is 59.2 Å². The standard InChI is InChI=1S/C26H34N2O3/c1-19-9-7-10-22(25(30)28-16-5-6-17-28)24(19)27-23(29)11-8-18-31-21-14-12-20(13-15-21)26(2,3)4/h7,9-10,12-15H,5-6,8,11,16-18H2,1-4H3,(H,27,29). The minimum atomic E-state index is -0.101. The molecule has 0 aromatic heterocycles. The molecule has 31 heavy (non-hydrogen) atoms. The Labute approximate surface area is 185 Å². The molecular formula is C26H34N2O3. The average molecular weight is 423 g/mol. The Morgan fingerprint density at radius 1 is 1.03 bits per heavy atom. The number of benzene rings is 2. The first-order valence-corrected chi connectivity index (χ1v) is 11.2. The van der Waals surface area contributed by atoms with E-state index in [1.165, 1.54) is 5.56 Å². The molecule has 0 spiro atoms. The van der Waals surface area contributed by atoms with Gasteiger partial charge in [0.25, 0.3) is 5.91 Å². The summed E-state index contributed by atoms with van der Waals surface area (Å²) in [6.45, 7) is 10.5. The van der Waals surface area contributed by atoms with Gasteiger partial charge in [-0.1, -0.05) is 45.0 Å². The van der Waals surface area contributed by atoms with Crippen molar-refractivity contribution in [2.75, 3.05) is 25.0 Å². The molecule has 0 aliphatic carbocycles. The van der Waals surface area contributed by atoms with Crippen molar-refractivity contribution in [3.8, 4) is 5.75 Å². The Hall–Kier alpha value is -2.82. The second kappa shape index (κ2) is 9.99. The molecule has 166 valence electrons. The van der Waals surface area contributed by atoms with Crippen molar-refractivity contribution < 1.29 is 14.3 Å². The van der Waals surface area contributed by atoms with Crippen LogP contribution in [0.15, 0.2) is 42.5 Å². The van der Waals surface area contributed by atoms with E-state index in [9.17, 15) is 9.59 Å². The molecule has 2 aromatic carbocycles. The largest absolute Gasteiger partial charge is 0.494 e. The Morgan fingerprint density at radius 2 is 1.71 bits per heavy atom. The van der Waals surface area contributed by atoms with Crippen molar-refractivity contribution in [1.82, 2.24) is 4.90 Å². The fraction of sp³-hybridized carbons (Fsp3) is 0.462. The van der Waals surface area contributed by atoms with Gasteiger partial charge in [-0.15, -0.1) is 0 Å². The molecule has 2 amide bonds. The number of amides is 2. The number of nitrogens with one attached hydrogen (secondary N) is 1. The van der Waals surface area contributed by atoms with Gasteiger partial charge < -0.3 is 15.0 Å². The van der Waals surface area contributed by atoms with E-state index in [1.807, 2.05) is 36.1 Å². The highest BCUT2D eigenvalue weighted by Gasteiger charge is 2.23. The van der Waals surface area contributed by atoms with Gasteiger partial charge in [-0.2, -0.15) is 0 Å². The smallest absolute Gasteiger partial charge is 0.255 e. The first-order valence-electron chi connectivity index (χ1n) is 11.2. The van der Waals surface area contributed by atoms with Gasteiger partial charge in [-0.3, -0.25) is 9.59 Å². The maximum atomic E-state index is 12.9. The lowest BCUT2D eigenvalue weighted by molar-refractivity contribution is -0.116. The van der Waals surface area contributed by atoms with E-state index < -0.39 is 0 Å². The third kappa shape index (κ3) is 6.09. The zero-order valence-corrected chi connectivity index (χ0v) is 19.2. The summed E-state index contributed by atoms with van der Waals surface area (Å²) in [5, 5.41) is 2.96. The van der Waals surface area contributed by atoms with E-state index in [4.69, 9.17) is 4.74 Å². The summed E-state index contributed by atoms with van der Waals surface area (Å²) >= 11 is 0. The first-order chi connectivity index (χ1) is 14.8. The van der Waals surface area contributed by atoms with Gasteiger partial charge in [-0.05, 0) is 60.9 Å². The lowest BCUT2D eigenvalue weighted by Gasteiger charge is -2.19. The molecule has 0 atom stereocenters. The van der Waals surface area contributed by atoms with Crippen LogP contribution in [0.4, 0.5) is 5.69 Å². The molecule has 0 bridgehead atoms. The summed E-state index contributed by atoms with van der Waals surface area (Å²) in [5.41, 5.74) is 3.47. The number of rotatable bonds is 7. The zero-order valence-electron chi connectivity index (χ0n) is 19.2. The Balaban J connectivity index is 1.51. The van der Waals surface area contributed by atoms with Crippen LogP contribution < -0.4 is 10.1 Å². The number of aryl methyl sites for hydroxylation is 1. The fourth-order valence-corrected chi connectivity index (χ4v) is 3.78. The van der Waals surface area contributed by atoms with Crippen LogP contribution in [0.5, 0.6) is 5.75 Å². The number of hydrogen-bond donors (Lipinski definition) is 1. The van der Waals surface area contributed by atoms with Crippen LogP contribution in [-0.4, -0.2) is 36.4 Å². The van der Waals surface area contributed by atoms with Crippen LogP contribution in [0.3, 0.4) is 0 Å². The third-order valence-electron chi connectivity index (χ3n) is 5.70. The SMILES string of the molecule is Cc1cccc(C(=O)N2CCCC2)c1NC(=O)CCCOc1ccc(C(C)(C)C)cc1. The van der Waals surface area contributed by atoms with E-state index >= 15 is 0 Å². The molecule has 0 unspecified atom stereocenters. The Kier molecular flexibility index (Phi) is 7.37. The molecule has 0 radical (unpaired) electrons. The van der Waals surface area contributed by atoms with Crippen LogP contribution in [0, 0.1) is 6.92 Å². The van der Waals surface area contributed by atoms with Crippen molar-refractivity contribution in [3.63, 3.8) is 0 Å². The van der Waals surface area contributed by atoms with E-state index in [-0.39, 0.29) is 17.2 Å². The van der Waals surface area contributed by atoms with Crippen LogP contribution in [0.25, 0.3) is 0 Å². The lowest BCUT2D eigenvalue weighted by Crippen LogP contribution is -2.29. The predicted molar refractivity (Wildman–Crippen MR) is 125 cm³/mol. The third-order valence-corrected chi connectivity index (χ3v) is 5.70.